The van der Waals surface area contributed by atoms with Crippen LogP contribution in [0.25, 0.3) is 6.08 Å². The molecule has 1 aliphatic carbocycles. The number of fused-ring (bicyclic) bond motifs is 4. The van der Waals surface area contributed by atoms with Crippen molar-refractivity contribution < 1.29 is 4.79 Å². The van der Waals surface area contributed by atoms with Gasteiger partial charge in [-0.15, -0.1) is 0 Å². The molecule has 0 bridgehead atoms. The van der Waals surface area contributed by atoms with Crippen molar-refractivity contribution >= 4 is 35.3 Å². The van der Waals surface area contributed by atoms with Crippen molar-refractivity contribution in [2.24, 2.45) is 0 Å². The Bertz CT molecular complexity index is 1130. The number of pyridine rings is 1. The van der Waals surface area contributed by atoms with Gasteiger partial charge >= 0.3 is 0 Å². The molecule has 3 aliphatic heterocycles. The zero-order valence-corrected chi connectivity index (χ0v) is 20.6. The third kappa shape index (κ3) is 4.01. The van der Waals surface area contributed by atoms with Crippen molar-refractivity contribution in [1.29, 1.82) is 0 Å². The number of anilines is 4. The highest BCUT2D eigenvalue weighted by molar-refractivity contribution is 5.93. The lowest BCUT2D eigenvalue weighted by Gasteiger charge is -2.54. The van der Waals surface area contributed by atoms with Gasteiger partial charge in [-0.1, -0.05) is 31.4 Å². The molecule has 2 saturated heterocycles. The van der Waals surface area contributed by atoms with Gasteiger partial charge in [-0.25, -0.2) is 9.97 Å². The van der Waals surface area contributed by atoms with Crippen molar-refractivity contribution in [2.75, 3.05) is 48.3 Å². The molecular formula is C26H34N8O. The van der Waals surface area contributed by atoms with E-state index in [4.69, 9.17) is 4.98 Å². The number of aromatic nitrogens is 3. The number of piperazine rings is 2. The average molecular weight is 475 g/mol. The number of carbonyl (C=O) groups is 1. The molecule has 2 N–H and O–H groups in total. The smallest absolute Gasteiger partial charge is 0.246 e. The van der Waals surface area contributed by atoms with E-state index in [1.165, 1.54) is 19.3 Å². The van der Waals surface area contributed by atoms with Crippen LogP contribution < -0.4 is 20.4 Å². The summed E-state index contributed by atoms with van der Waals surface area (Å²) in [4.78, 5) is 33.9. The van der Waals surface area contributed by atoms with Crippen LogP contribution in [-0.4, -0.2) is 76.6 Å². The molecule has 1 amide bonds. The largest absolute Gasteiger partial charge is 0.367 e. The van der Waals surface area contributed by atoms with Crippen LogP contribution in [0.5, 0.6) is 0 Å². The summed E-state index contributed by atoms with van der Waals surface area (Å²) in [6.45, 7) is 5.99. The summed E-state index contributed by atoms with van der Waals surface area (Å²) in [6, 6.07) is 4.30. The van der Waals surface area contributed by atoms with Gasteiger partial charge in [0.25, 0.3) is 0 Å². The minimum atomic E-state index is -0.319. The van der Waals surface area contributed by atoms with Crippen LogP contribution in [0.4, 0.5) is 23.3 Å². The van der Waals surface area contributed by atoms with E-state index in [1.807, 2.05) is 30.6 Å². The number of rotatable bonds is 3. The molecule has 9 nitrogen and oxygen atoms in total. The summed E-state index contributed by atoms with van der Waals surface area (Å²) >= 11 is 0. The first-order chi connectivity index (χ1) is 17.0. The summed E-state index contributed by atoms with van der Waals surface area (Å²) in [6.07, 6.45) is 13.5. The zero-order chi connectivity index (χ0) is 24.0. The van der Waals surface area contributed by atoms with Gasteiger partial charge in [0.05, 0.1) is 17.4 Å². The Morgan fingerprint density at radius 2 is 1.97 bits per heavy atom. The Labute approximate surface area is 206 Å². The highest BCUT2D eigenvalue weighted by Crippen LogP contribution is 2.42. The van der Waals surface area contributed by atoms with Gasteiger partial charge in [-0.2, -0.15) is 4.98 Å². The van der Waals surface area contributed by atoms with Crippen LogP contribution >= 0.6 is 0 Å². The van der Waals surface area contributed by atoms with Crippen molar-refractivity contribution in [3.63, 3.8) is 0 Å². The second-order valence-electron chi connectivity index (χ2n) is 10.5. The predicted octanol–water partition coefficient (Wildman–Crippen LogP) is 2.79. The van der Waals surface area contributed by atoms with Crippen molar-refractivity contribution in [1.82, 2.24) is 25.2 Å². The zero-order valence-electron chi connectivity index (χ0n) is 20.6. The first kappa shape index (κ1) is 22.3. The number of amides is 1. The first-order valence-electron chi connectivity index (χ1n) is 12.8. The maximum Gasteiger partial charge on any atom is 0.246 e. The summed E-state index contributed by atoms with van der Waals surface area (Å²) in [5, 5.41) is 6.44. The average Bonchev–Trinajstić information content (AvgIpc) is 2.89. The lowest BCUT2D eigenvalue weighted by atomic mass is 9.77. The normalized spacial score (nSPS) is 25.7. The highest BCUT2D eigenvalue weighted by atomic mass is 16.2. The molecule has 1 spiro atoms. The number of carbonyl (C=O) groups excluding carboxylic acids is 1. The lowest BCUT2D eigenvalue weighted by Crippen LogP contribution is -2.69. The molecule has 1 saturated carbocycles. The van der Waals surface area contributed by atoms with E-state index in [0.717, 1.165) is 49.5 Å². The van der Waals surface area contributed by atoms with Gasteiger partial charge in [-0.3, -0.25) is 4.79 Å². The summed E-state index contributed by atoms with van der Waals surface area (Å²) in [5.41, 5.74) is 2.01. The number of nitrogens with one attached hydrogen (secondary N) is 2. The van der Waals surface area contributed by atoms with E-state index in [1.54, 1.807) is 0 Å². The number of hydrogen-bond acceptors (Lipinski definition) is 8. The van der Waals surface area contributed by atoms with Gasteiger partial charge in [0.15, 0.2) is 0 Å². The van der Waals surface area contributed by atoms with Gasteiger partial charge in [0.1, 0.15) is 17.7 Å². The molecule has 0 radical (unpaired) electrons. The second kappa shape index (κ2) is 8.78. The van der Waals surface area contributed by atoms with Crippen molar-refractivity contribution in [3.8, 4) is 0 Å². The van der Waals surface area contributed by atoms with Crippen LogP contribution in [0.15, 0.2) is 30.6 Å². The quantitative estimate of drug-likeness (QED) is 0.702. The Balaban J connectivity index is 1.24. The highest BCUT2D eigenvalue weighted by Gasteiger charge is 2.49. The molecule has 2 atom stereocenters. The molecule has 1 unspecified atom stereocenters. The molecule has 2 aromatic heterocycles. The van der Waals surface area contributed by atoms with Crippen LogP contribution in [0, 0.1) is 0 Å². The fourth-order valence-corrected chi connectivity index (χ4v) is 6.00. The third-order valence-corrected chi connectivity index (χ3v) is 8.23. The predicted molar refractivity (Wildman–Crippen MR) is 138 cm³/mol. The van der Waals surface area contributed by atoms with E-state index in [9.17, 15) is 4.79 Å². The Kier molecular flexibility index (Phi) is 5.59. The molecule has 9 heteroatoms. The van der Waals surface area contributed by atoms with Crippen LogP contribution in [0.1, 0.15) is 44.6 Å². The SMILES string of the molecule is C[C@@H]1CN(c2ccc(Nc3ncc4c(n3)N3C(C=C4)C(=O)NCC34CCCCC4)nc2)CCN1C. The van der Waals surface area contributed by atoms with E-state index in [0.29, 0.717) is 24.4 Å². The molecule has 2 aromatic rings. The third-order valence-electron chi connectivity index (χ3n) is 8.23. The fourth-order valence-electron chi connectivity index (χ4n) is 6.00. The Morgan fingerprint density at radius 1 is 1.11 bits per heavy atom. The van der Waals surface area contributed by atoms with Gasteiger partial charge in [-0.05, 0) is 38.9 Å². The van der Waals surface area contributed by atoms with Crippen LogP contribution in [-0.2, 0) is 4.79 Å². The topological polar surface area (TPSA) is 89.5 Å². The molecular weight excluding hydrogens is 440 g/mol. The molecule has 35 heavy (non-hydrogen) atoms. The number of hydrogen-bond donors (Lipinski definition) is 2. The van der Waals surface area contributed by atoms with Crippen LogP contribution in [0.3, 0.4) is 0 Å². The van der Waals surface area contributed by atoms with E-state index >= 15 is 0 Å². The maximum atomic E-state index is 12.8. The van der Waals surface area contributed by atoms with E-state index in [2.05, 4.69) is 55.3 Å². The molecule has 0 aromatic carbocycles. The Morgan fingerprint density at radius 3 is 2.74 bits per heavy atom. The van der Waals surface area contributed by atoms with Gasteiger partial charge < -0.3 is 25.3 Å². The summed E-state index contributed by atoms with van der Waals surface area (Å²) in [7, 11) is 2.18. The lowest BCUT2D eigenvalue weighted by molar-refractivity contribution is -0.123. The van der Waals surface area contributed by atoms with Crippen LogP contribution in [0.2, 0.25) is 0 Å². The Hall–Kier alpha value is -3.20. The van der Waals surface area contributed by atoms with Crippen molar-refractivity contribution in [2.45, 2.75) is 56.7 Å². The molecule has 4 aliphatic rings. The van der Waals surface area contributed by atoms with Gasteiger partial charge in [0.2, 0.25) is 11.9 Å². The fraction of sp³-hybridized carbons (Fsp3) is 0.538. The minimum Gasteiger partial charge on any atom is -0.367 e. The summed E-state index contributed by atoms with van der Waals surface area (Å²) in [5.74, 6) is 2.10. The van der Waals surface area contributed by atoms with Gasteiger partial charge in [0, 0.05) is 44.0 Å². The minimum absolute atomic E-state index is 0.0479. The summed E-state index contributed by atoms with van der Waals surface area (Å²) < 4.78 is 0. The first-order valence-corrected chi connectivity index (χ1v) is 12.8. The van der Waals surface area contributed by atoms with E-state index in [-0.39, 0.29) is 17.5 Å². The molecule has 184 valence electrons. The number of likely N-dealkylation sites (N-methyl/N-ethyl adjacent to an activating group) is 1. The number of nitrogens with zero attached hydrogens (tertiary/aromatic N) is 6. The van der Waals surface area contributed by atoms with Crippen molar-refractivity contribution in [3.05, 3.63) is 36.2 Å². The standard InChI is InChI=1S/C26H34N8O/c1-18-16-33(13-12-32(18)2)20-7-9-22(27-15-20)30-25-28-14-19-6-8-21-24(35)29-17-26(10-4-3-5-11-26)34(21)23(19)31-25/h6-9,14-15,18,21H,3-5,10-13,16-17H2,1-2H3,(H,29,35)(H,27,28,30,31)/t18-,21?/m1/s1. The van der Waals surface area contributed by atoms with E-state index < -0.39 is 0 Å². The second-order valence-corrected chi connectivity index (χ2v) is 10.5. The molecule has 6 rings (SSSR count). The molecule has 3 fully saturated rings. The monoisotopic (exact) mass is 474 g/mol. The molecule has 5 heterocycles. The maximum absolute atomic E-state index is 12.8.